The zero-order valence-electron chi connectivity index (χ0n) is 10.7. The normalized spacial score (nSPS) is 16.9. The van der Waals surface area contributed by atoms with Gasteiger partial charge in [-0.2, -0.15) is 0 Å². The van der Waals surface area contributed by atoms with Crippen molar-refractivity contribution in [3.63, 3.8) is 0 Å². The first-order chi connectivity index (χ1) is 8.61. The maximum Gasteiger partial charge on any atom is 0.124 e. The first kappa shape index (κ1) is 13.4. The molecule has 3 nitrogen and oxygen atoms in total. The van der Waals surface area contributed by atoms with Crippen molar-refractivity contribution in [1.29, 1.82) is 5.41 Å². The molecule has 1 aromatic carbocycles. The van der Waals surface area contributed by atoms with Gasteiger partial charge in [-0.15, -0.1) is 0 Å². The molecule has 1 fully saturated rings. The van der Waals surface area contributed by atoms with Crippen molar-refractivity contribution in [1.82, 2.24) is 0 Å². The number of nitrogens with two attached hydrogens (primary N) is 1. The van der Waals surface area contributed by atoms with Gasteiger partial charge in [0, 0.05) is 28.8 Å². The van der Waals surface area contributed by atoms with E-state index in [-0.39, 0.29) is 5.84 Å². The predicted molar refractivity (Wildman–Crippen MR) is 80.4 cm³/mol. The molecule has 18 heavy (non-hydrogen) atoms. The molecule has 1 aromatic rings. The maximum atomic E-state index is 7.70. The monoisotopic (exact) mass is 309 g/mol. The average molecular weight is 310 g/mol. The van der Waals surface area contributed by atoms with Gasteiger partial charge in [0.15, 0.2) is 0 Å². The molecule has 0 atom stereocenters. The van der Waals surface area contributed by atoms with Gasteiger partial charge in [0.25, 0.3) is 0 Å². The van der Waals surface area contributed by atoms with Crippen molar-refractivity contribution in [3.8, 4) is 0 Å². The van der Waals surface area contributed by atoms with Crippen molar-refractivity contribution in [2.45, 2.75) is 26.2 Å². The van der Waals surface area contributed by atoms with Crippen LogP contribution in [-0.2, 0) is 0 Å². The number of piperidine rings is 1. The highest BCUT2D eigenvalue weighted by Crippen LogP contribution is 2.29. The van der Waals surface area contributed by atoms with Crippen molar-refractivity contribution in [2.24, 2.45) is 11.7 Å². The lowest BCUT2D eigenvalue weighted by atomic mass is 9.93. The molecular weight excluding hydrogens is 290 g/mol. The quantitative estimate of drug-likeness (QED) is 0.664. The summed E-state index contributed by atoms with van der Waals surface area (Å²) >= 11 is 3.44. The fraction of sp³-hybridized carbons (Fsp3) is 0.500. The summed E-state index contributed by atoms with van der Waals surface area (Å²) in [4.78, 5) is 2.36. The summed E-state index contributed by atoms with van der Waals surface area (Å²) in [6, 6.07) is 6.02. The highest BCUT2D eigenvalue weighted by atomic mass is 79.9. The lowest BCUT2D eigenvalue weighted by molar-refractivity contribution is 0.395. The van der Waals surface area contributed by atoms with Gasteiger partial charge in [-0.05, 0) is 37.0 Å². The smallest absolute Gasteiger partial charge is 0.124 e. The van der Waals surface area contributed by atoms with E-state index in [1.807, 2.05) is 12.1 Å². The SMILES string of the molecule is CCC1CCN(c2ccc(Br)cc2C(=N)N)CC1. The van der Waals surface area contributed by atoms with Crippen molar-refractivity contribution in [2.75, 3.05) is 18.0 Å². The van der Waals surface area contributed by atoms with E-state index in [9.17, 15) is 0 Å². The van der Waals surface area contributed by atoms with Crippen LogP contribution in [0.5, 0.6) is 0 Å². The van der Waals surface area contributed by atoms with Crippen molar-refractivity contribution in [3.05, 3.63) is 28.2 Å². The van der Waals surface area contributed by atoms with E-state index in [4.69, 9.17) is 11.1 Å². The minimum atomic E-state index is 0.143. The molecule has 2 rings (SSSR count). The number of hydrogen-bond donors (Lipinski definition) is 2. The maximum absolute atomic E-state index is 7.70. The van der Waals surface area contributed by atoms with E-state index >= 15 is 0 Å². The van der Waals surface area contributed by atoms with E-state index in [0.717, 1.165) is 34.7 Å². The van der Waals surface area contributed by atoms with Crippen LogP contribution in [0.3, 0.4) is 0 Å². The molecule has 0 saturated carbocycles. The minimum absolute atomic E-state index is 0.143. The Hall–Kier alpha value is -1.03. The van der Waals surface area contributed by atoms with E-state index in [1.165, 1.54) is 19.3 Å². The molecule has 0 bridgehead atoms. The molecule has 0 amide bonds. The van der Waals surface area contributed by atoms with Gasteiger partial charge in [0.05, 0.1) is 0 Å². The van der Waals surface area contributed by atoms with Gasteiger partial charge in [0.1, 0.15) is 5.84 Å². The Labute approximate surface area is 117 Å². The minimum Gasteiger partial charge on any atom is -0.384 e. The zero-order chi connectivity index (χ0) is 13.1. The highest BCUT2D eigenvalue weighted by Gasteiger charge is 2.20. The second-order valence-corrected chi connectivity index (χ2v) is 5.83. The summed E-state index contributed by atoms with van der Waals surface area (Å²) in [6.07, 6.45) is 3.75. The number of benzene rings is 1. The van der Waals surface area contributed by atoms with Crippen LogP contribution in [-0.4, -0.2) is 18.9 Å². The first-order valence-corrected chi connectivity index (χ1v) is 7.30. The molecular formula is C14H20BrN3. The Morgan fingerprint density at radius 3 is 2.67 bits per heavy atom. The Bertz CT molecular complexity index is 437. The molecule has 3 N–H and O–H groups in total. The number of amidine groups is 1. The van der Waals surface area contributed by atoms with E-state index in [0.29, 0.717) is 0 Å². The fourth-order valence-electron chi connectivity index (χ4n) is 2.58. The summed E-state index contributed by atoms with van der Waals surface area (Å²) in [7, 11) is 0. The fourth-order valence-corrected chi connectivity index (χ4v) is 2.94. The molecule has 0 aliphatic carbocycles. The largest absolute Gasteiger partial charge is 0.384 e. The topological polar surface area (TPSA) is 53.1 Å². The molecule has 1 saturated heterocycles. The third kappa shape index (κ3) is 2.86. The Morgan fingerprint density at radius 2 is 2.11 bits per heavy atom. The average Bonchev–Trinajstić information content (AvgIpc) is 2.39. The summed E-state index contributed by atoms with van der Waals surface area (Å²) in [5.74, 6) is 1.00. The highest BCUT2D eigenvalue weighted by molar-refractivity contribution is 9.10. The number of nitrogen functional groups attached to an aromatic ring is 1. The zero-order valence-corrected chi connectivity index (χ0v) is 12.3. The second kappa shape index (κ2) is 5.74. The first-order valence-electron chi connectivity index (χ1n) is 6.50. The van der Waals surface area contributed by atoms with E-state index in [1.54, 1.807) is 0 Å². The molecule has 0 unspecified atom stereocenters. The van der Waals surface area contributed by atoms with Crippen LogP contribution in [0, 0.1) is 11.3 Å². The molecule has 1 heterocycles. The lowest BCUT2D eigenvalue weighted by Gasteiger charge is -2.34. The standard InChI is InChI=1S/C14H20BrN3/c1-2-10-5-7-18(8-6-10)13-4-3-11(15)9-12(13)14(16)17/h3-4,9-10H,2,5-8H2,1H3,(H3,16,17). The van der Waals surface area contributed by atoms with Gasteiger partial charge in [-0.1, -0.05) is 29.3 Å². The number of nitrogens with one attached hydrogen (secondary N) is 1. The van der Waals surface area contributed by atoms with Crippen LogP contribution in [0.2, 0.25) is 0 Å². The van der Waals surface area contributed by atoms with E-state index < -0.39 is 0 Å². The van der Waals surface area contributed by atoms with Crippen LogP contribution in [0.4, 0.5) is 5.69 Å². The number of hydrogen-bond acceptors (Lipinski definition) is 2. The third-order valence-corrected chi connectivity index (χ3v) is 4.27. The predicted octanol–water partition coefficient (Wildman–Crippen LogP) is 3.36. The Morgan fingerprint density at radius 1 is 1.44 bits per heavy atom. The van der Waals surface area contributed by atoms with Gasteiger partial charge >= 0.3 is 0 Å². The molecule has 1 aliphatic heterocycles. The molecule has 0 spiro atoms. The summed E-state index contributed by atoms with van der Waals surface area (Å²) in [6.45, 7) is 4.40. The van der Waals surface area contributed by atoms with Crippen LogP contribution in [0.15, 0.2) is 22.7 Å². The van der Waals surface area contributed by atoms with Gasteiger partial charge in [-0.25, -0.2) is 0 Å². The van der Waals surface area contributed by atoms with Crippen LogP contribution < -0.4 is 10.6 Å². The molecule has 0 aromatic heterocycles. The summed E-state index contributed by atoms with van der Waals surface area (Å²) in [5, 5.41) is 7.70. The van der Waals surface area contributed by atoms with Crippen LogP contribution in [0.1, 0.15) is 31.7 Å². The molecule has 0 radical (unpaired) electrons. The summed E-state index contributed by atoms with van der Waals surface area (Å²) in [5.41, 5.74) is 7.61. The Balaban J connectivity index is 2.21. The molecule has 4 heteroatoms. The van der Waals surface area contributed by atoms with Crippen molar-refractivity contribution >= 4 is 27.5 Å². The van der Waals surface area contributed by atoms with Gasteiger partial charge in [0.2, 0.25) is 0 Å². The van der Waals surface area contributed by atoms with Gasteiger partial charge < -0.3 is 10.6 Å². The summed E-state index contributed by atoms with van der Waals surface area (Å²) < 4.78 is 0.972. The number of halogens is 1. The van der Waals surface area contributed by atoms with Crippen LogP contribution in [0.25, 0.3) is 0 Å². The number of rotatable bonds is 3. The van der Waals surface area contributed by atoms with Crippen LogP contribution >= 0.6 is 15.9 Å². The third-order valence-electron chi connectivity index (χ3n) is 3.78. The van der Waals surface area contributed by atoms with Crippen molar-refractivity contribution < 1.29 is 0 Å². The molecule has 98 valence electrons. The van der Waals surface area contributed by atoms with Gasteiger partial charge in [-0.3, -0.25) is 5.41 Å². The number of nitrogens with zero attached hydrogens (tertiary/aromatic N) is 1. The lowest BCUT2D eigenvalue weighted by Crippen LogP contribution is -2.35. The van der Waals surface area contributed by atoms with E-state index in [2.05, 4.69) is 33.8 Å². The molecule has 1 aliphatic rings. The second-order valence-electron chi connectivity index (χ2n) is 4.91. The Kier molecular flexibility index (Phi) is 4.27. The number of anilines is 1.